The van der Waals surface area contributed by atoms with Crippen molar-refractivity contribution in [1.82, 2.24) is 0 Å². The van der Waals surface area contributed by atoms with E-state index < -0.39 is 5.92 Å². The van der Waals surface area contributed by atoms with Crippen molar-refractivity contribution in [3.63, 3.8) is 0 Å². The minimum Gasteiger partial charge on any atom is -0.303 e. The van der Waals surface area contributed by atoms with E-state index in [4.69, 9.17) is 5.41 Å². The Morgan fingerprint density at radius 1 is 1.36 bits per heavy atom. The monoisotopic (exact) mass is 189 g/mol. The molecule has 14 heavy (non-hydrogen) atoms. The molecular weight excluding hydrogens is 178 g/mol. The Morgan fingerprint density at radius 2 is 1.93 bits per heavy atom. The first kappa shape index (κ1) is 10.3. The molecule has 0 amide bonds. The van der Waals surface area contributed by atoms with Gasteiger partial charge in [-0.1, -0.05) is 30.3 Å². The van der Waals surface area contributed by atoms with Gasteiger partial charge in [-0.25, -0.2) is 0 Å². The number of aldehydes is 1. The quantitative estimate of drug-likeness (QED) is 0.443. The Hall–Kier alpha value is -1.77. The zero-order valence-electron chi connectivity index (χ0n) is 7.86. The van der Waals surface area contributed by atoms with Gasteiger partial charge in [0.15, 0.2) is 0 Å². The van der Waals surface area contributed by atoms with E-state index in [2.05, 4.69) is 0 Å². The van der Waals surface area contributed by atoms with Gasteiger partial charge < -0.3 is 10.2 Å². The molecule has 1 unspecified atom stereocenters. The Bertz CT molecular complexity index is 357. The molecule has 0 fully saturated rings. The number of ketones is 1. The van der Waals surface area contributed by atoms with Gasteiger partial charge in [-0.3, -0.25) is 4.79 Å². The Morgan fingerprint density at radius 3 is 2.36 bits per heavy atom. The zero-order chi connectivity index (χ0) is 10.6. The van der Waals surface area contributed by atoms with Gasteiger partial charge in [0.2, 0.25) is 0 Å². The molecule has 1 aromatic carbocycles. The number of benzene rings is 1. The first-order chi connectivity index (χ1) is 6.66. The minimum atomic E-state index is -0.933. The Balaban J connectivity index is 2.95. The maximum atomic E-state index is 11.0. The molecule has 0 aliphatic carbocycles. The van der Waals surface area contributed by atoms with Crippen molar-refractivity contribution in [2.45, 2.75) is 6.92 Å². The number of Topliss-reactive ketones (excluding diaryl/α,β-unsaturated/α-hetero) is 1. The molecule has 0 aliphatic heterocycles. The standard InChI is InChI=1S/C11H11NO2/c1-8(14)10(7-13)11(12)9-5-3-2-4-6-9/h2-7,10,12H,1H3. The van der Waals surface area contributed by atoms with Crippen molar-refractivity contribution in [2.75, 3.05) is 0 Å². The van der Waals surface area contributed by atoms with Gasteiger partial charge >= 0.3 is 0 Å². The molecule has 3 nitrogen and oxygen atoms in total. The summed E-state index contributed by atoms with van der Waals surface area (Å²) < 4.78 is 0. The highest BCUT2D eigenvalue weighted by Crippen LogP contribution is 2.07. The van der Waals surface area contributed by atoms with Gasteiger partial charge in [0.1, 0.15) is 18.0 Å². The smallest absolute Gasteiger partial charge is 0.145 e. The van der Waals surface area contributed by atoms with Gasteiger partial charge in [0.25, 0.3) is 0 Å². The lowest BCUT2D eigenvalue weighted by Gasteiger charge is -2.07. The van der Waals surface area contributed by atoms with E-state index in [9.17, 15) is 9.59 Å². The third-order valence-corrected chi connectivity index (χ3v) is 1.97. The van der Waals surface area contributed by atoms with Crippen molar-refractivity contribution in [3.05, 3.63) is 35.9 Å². The molecule has 1 N–H and O–H groups in total. The number of carbonyl (C=O) groups is 2. The van der Waals surface area contributed by atoms with Gasteiger partial charge in [0.05, 0.1) is 5.71 Å². The highest BCUT2D eigenvalue weighted by Gasteiger charge is 2.19. The molecule has 0 spiro atoms. The predicted octanol–water partition coefficient (Wildman–Crippen LogP) is 1.46. The summed E-state index contributed by atoms with van der Waals surface area (Å²) in [4.78, 5) is 21.6. The SMILES string of the molecule is CC(=O)C(C=O)C(=N)c1ccccc1. The fourth-order valence-electron chi connectivity index (χ4n) is 1.16. The maximum absolute atomic E-state index is 11.0. The molecule has 0 bridgehead atoms. The second kappa shape index (κ2) is 4.46. The van der Waals surface area contributed by atoms with E-state index in [0.717, 1.165) is 0 Å². The van der Waals surface area contributed by atoms with E-state index in [1.165, 1.54) is 6.92 Å². The van der Waals surface area contributed by atoms with Crippen LogP contribution in [0.25, 0.3) is 0 Å². The van der Waals surface area contributed by atoms with Crippen LogP contribution in [0.3, 0.4) is 0 Å². The molecule has 0 saturated heterocycles. The van der Waals surface area contributed by atoms with Crippen molar-refractivity contribution in [1.29, 1.82) is 5.41 Å². The van der Waals surface area contributed by atoms with Crippen molar-refractivity contribution in [2.24, 2.45) is 5.92 Å². The van der Waals surface area contributed by atoms with Crippen LogP contribution in [0.15, 0.2) is 30.3 Å². The molecule has 1 atom stereocenters. The zero-order valence-corrected chi connectivity index (χ0v) is 7.86. The largest absolute Gasteiger partial charge is 0.303 e. The fourth-order valence-corrected chi connectivity index (χ4v) is 1.16. The summed E-state index contributed by atoms with van der Waals surface area (Å²) in [7, 11) is 0. The van der Waals surface area contributed by atoms with Crippen molar-refractivity contribution in [3.8, 4) is 0 Å². The van der Waals surface area contributed by atoms with E-state index in [1.807, 2.05) is 6.07 Å². The normalized spacial score (nSPS) is 11.8. The third-order valence-electron chi connectivity index (χ3n) is 1.97. The van der Waals surface area contributed by atoms with E-state index >= 15 is 0 Å². The highest BCUT2D eigenvalue weighted by atomic mass is 16.1. The molecule has 0 radical (unpaired) electrons. The van der Waals surface area contributed by atoms with Crippen LogP contribution in [-0.4, -0.2) is 17.8 Å². The molecular formula is C11H11NO2. The molecule has 3 heteroatoms. The van der Waals surface area contributed by atoms with Crippen LogP contribution in [0.1, 0.15) is 12.5 Å². The number of hydrogen-bond donors (Lipinski definition) is 1. The third kappa shape index (κ3) is 2.13. The first-order valence-corrected chi connectivity index (χ1v) is 4.26. The van der Waals surface area contributed by atoms with Crippen LogP contribution in [0.5, 0.6) is 0 Å². The number of hydrogen-bond acceptors (Lipinski definition) is 3. The van der Waals surface area contributed by atoms with Gasteiger partial charge in [-0.05, 0) is 12.5 Å². The summed E-state index contributed by atoms with van der Waals surface area (Å²) in [6.45, 7) is 1.32. The molecule has 0 saturated carbocycles. The second-order valence-corrected chi connectivity index (χ2v) is 3.00. The predicted molar refractivity (Wildman–Crippen MR) is 53.5 cm³/mol. The summed E-state index contributed by atoms with van der Waals surface area (Å²) in [6, 6.07) is 8.78. The lowest BCUT2D eigenvalue weighted by molar-refractivity contribution is -0.123. The van der Waals surface area contributed by atoms with Gasteiger partial charge in [-0.15, -0.1) is 0 Å². The van der Waals surface area contributed by atoms with Crippen LogP contribution >= 0.6 is 0 Å². The fraction of sp³-hybridized carbons (Fsp3) is 0.182. The molecule has 1 aromatic rings. The number of carbonyl (C=O) groups excluding carboxylic acids is 2. The van der Waals surface area contributed by atoms with Crippen molar-refractivity contribution < 1.29 is 9.59 Å². The van der Waals surface area contributed by atoms with E-state index in [-0.39, 0.29) is 11.5 Å². The lowest BCUT2D eigenvalue weighted by Crippen LogP contribution is -2.23. The van der Waals surface area contributed by atoms with Crippen molar-refractivity contribution >= 4 is 17.8 Å². The van der Waals surface area contributed by atoms with E-state index in [1.54, 1.807) is 24.3 Å². The summed E-state index contributed by atoms with van der Waals surface area (Å²) in [5.74, 6) is -1.23. The summed E-state index contributed by atoms with van der Waals surface area (Å²) >= 11 is 0. The average molecular weight is 189 g/mol. The Labute approximate surface area is 82.3 Å². The molecule has 0 aliphatic rings. The topological polar surface area (TPSA) is 58.0 Å². The average Bonchev–Trinajstić information content (AvgIpc) is 2.19. The highest BCUT2D eigenvalue weighted by molar-refractivity contribution is 6.19. The minimum absolute atomic E-state index is 0.0631. The molecule has 1 rings (SSSR count). The van der Waals surface area contributed by atoms with Crippen LogP contribution in [0.2, 0.25) is 0 Å². The van der Waals surface area contributed by atoms with Crippen LogP contribution < -0.4 is 0 Å². The maximum Gasteiger partial charge on any atom is 0.145 e. The Kier molecular flexibility index (Phi) is 3.29. The van der Waals surface area contributed by atoms with Crippen LogP contribution in [0.4, 0.5) is 0 Å². The number of rotatable bonds is 4. The van der Waals surface area contributed by atoms with Crippen LogP contribution in [0, 0.1) is 11.3 Å². The van der Waals surface area contributed by atoms with E-state index in [0.29, 0.717) is 11.8 Å². The number of nitrogens with one attached hydrogen (secondary N) is 1. The summed E-state index contributed by atoms with van der Waals surface area (Å²) in [5.41, 5.74) is 0.674. The first-order valence-electron chi connectivity index (χ1n) is 4.26. The molecule has 72 valence electrons. The second-order valence-electron chi connectivity index (χ2n) is 3.00. The molecule has 0 heterocycles. The lowest BCUT2D eigenvalue weighted by atomic mass is 9.95. The summed E-state index contributed by atoms with van der Waals surface area (Å²) in [5, 5.41) is 7.67. The summed E-state index contributed by atoms with van der Waals surface area (Å²) in [6.07, 6.45) is 0.512. The van der Waals surface area contributed by atoms with Crippen LogP contribution in [-0.2, 0) is 9.59 Å². The molecule has 0 aromatic heterocycles. The van der Waals surface area contributed by atoms with Gasteiger partial charge in [-0.2, -0.15) is 0 Å². The van der Waals surface area contributed by atoms with Gasteiger partial charge in [0, 0.05) is 0 Å².